The van der Waals surface area contributed by atoms with Crippen LogP contribution in [0.4, 0.5) is 5.69 Å². The molecule has 10 nitrogen and oxygen atoms in total. The molecule has 5 N–H and O–H groups in total. The van der Waals surface area contributed by atoms with Crippen LogP contribution in [0.1, 0.15) is 67.9 Å². The normalized spacial score (nSPS) is 15.4. The van der Waals surface area contributed by atoms with E-state index in [1.807, 2.05) is 74.5 Å². The molecular weight excluding hydrogens is 584 g/mol. The number of rotatable bonds is 14. The summed E-state index contributed by atoms with van der Waals surface area (Å²) >= 11 is 0. The van der Waals surface area contributed by atoms with E-state index in [1.54, 1.807) is 24.0 Å². The first kappa shape index (κ1) is 34.3. The van der Waals surface area contributed by atoms with Crippen molar-refractivity contribution >= 4 is 29.4 Å². The quantitative estimate of drug-likeness (QED) is 0.169. The summed E-state index contributed by atoms with van der Waals surface area (Å²) in [4.78, 5) is 52.5. The van der Waals surface area contributed by atoms with E-state index in [9.17, 15) is 24.3 Å². The van der Waals surface area contributed by atoms with Crippen molar-refractivity contribution in [3.8, 4) is 11.1 Å². The smallest absolute Gasteiger partial charge is 0.303 e. The highest BCUT2D eigenvalue weighted by Crippen LogP contribution is 2.30. The van der Waals surface area contributed by atoms with Crippen LogP contribution in [-0.2, 0) is 27.3 Å². The van der Waals surface area contributed by atoms with Crippen molar-refractivity contribution in [1.29, 1.82) is 0 Å². The van der Waals surface area contributed by atoms with Crippen molar-refractivity contribution < 1.29 is 29.4 Å². The van der Waals surface area contributed by atoms with Gasteiger partial charge in [0.15, 0.2) is 0 Å². The summed E-state index contributed by atoms with van der Waals surface area (Å²) in [7, 11) is 0. The second-order valence-electron chi connectivity index (χ2n) is 12.5. The van der Waals surface area contributed by atoms with Gasteiger partial charge in [-0.1, -0.05) is 60.7 Å². The highest BCUT2D eigenvalue weighted by molar-refractivity contribution is 6.01. The topological polar surface area (TPSA) is 148 Å². The van der Waals surface area contributed by atoms with Crippen LogP contribution in [-0.4, -0.2) is 64.7 Å². The number of β-amino-alcohol motifs (C(OH)–C–C–N with tert-alkyl or cyclic N) is 1. The summed E-state index contributed by atoms with van der Waals surface area (Å²) in [6.45, 7) is 6.39. The highest BCUT2D eigenvalue weighted by atomic mass is 16.4. The average Bonchev–Trinajstić information content (AvgIpc) is 3.14. The Bertz CT molecular complexity index is 1540. The molecule has 0 spiro atoms. The molecule has 1 aliphatic rings. The first-order valence-electron chi connectivity index (χ1n) is 15.7. The molecule has 0 bridgehead atoms. The van der Waals surface area contributed by atoms with E-state index in [-0.39, 0.29) is 37.1 Å². The number of benzene rings is 3. The van der Waals surface area contributed by atoms with Gasteiger partial charge in [-0.3, -0.25) is 19.2 Å². The molecule has 3 amide bonds. The SMILES string of the molecule is C[C@@H](O)CNC(C)(C)CC(=O)NC1CCc2ccccc2N(Cc2ccc(-c3ccccc3C(=O)NCCCC(=O)O)cc2)C1=O. The first-order valence-corrected chi connectivity index (χ1v) is 15.7. The van der Waals surface area contributed by atoms with Crippen LogP contribution in [0.25, 0.3) is 11.1 Å². The number of fused-ring (bicyclic) bond motifs is 1. The molecule has 4 rings (SSSR count). The third kappa shape index (κ3) is 9.48. The van der Waals surface area contributed by atoms with E-state index >= 15 is 0 Å². The van der Waals surface area contributed by atoms with Gasteiger partial charge in [-0.25, -0.2) is 0 Å². The zero-order valence-corrected chi connectivity index (χ0v) is 26.7. The third-order valence-electron chi connectivity index (χ3n) is 7.99. The molecule has 3 aromatic rings. The van der Waals surface area contributed by atoms with Crippen molar-refractivity contribution in [2.45, 2.75) is 77.1 Å². The van der Waals surface area contributed by atoms with Gasteiger partial charge in [-0.15, -0.1) is 0 Å². The summed E-state index contributed by atoms with van der Waals surface area (Å²) in [6.07, 6.45) is 1.07. The van der Waals surface area contributed by atoms with E-state index in [0.29, 0.717) is 37.9 Å². The van der Waals surface area contributed by atoms with Crippen molar-refractivity contribution in [3.63, 3.8) is 0 Å². The number of carboxylic acids is 1. The summed E-state index contributed by atoms with van der Waals surface area (Å²) in [5, 5.41) is 27.4. The van der Waals surface area contributed by atoms with Crippen molar-refractivity contribution in [2.24, 2.45) is 0 Å². The molecule has 0 fully saturated rings. The lowest BCUT2D eigenvalue weighted by atomic mass is 9.98. The van der Waals surface area contributed by atoms with Crippen LogP contribution in [0.5, 0.6) is 0 Å². The number of aryl methyl sites for hydroxylation is 1. The number of hydrogen-bond donors (Lipinski definition) is 5. The third-order valence-corrected chi connectivity index (χ3v) is 7.99. The summed E-state index contributed by atoms with van der Waals surface area (Å²) in [6, 6.07) is 22.1. The van der Waals surface area contributed by atoms with Crippen molar-refractivity contribution in [1.82, 2.24) is 16.0 Å². The Morgan fingerprint density at radius 3 is 2.41 bits per heavy atom. The zero-order valence-electron chi connectivity index (χ0n) is 26.7. The first-order chi connectivity index (χ1) is 21.9. The Morgan fingerprint density at radius 2 is 1.70 bits per heavy atom. The monoisotopic (exact) mass is 628 g/mol. The number of aliphatic hydroxyl groups excluding tert-OH is 1. The molecule has 46 heavy (non-hydrogen) atoms. The number of carbonyl (C=O) groups excluding carboxylic acids is 3. The number of nitrogens with zero attached hydrogens (tertiary/aromatic N) is 1. The molecule has 244 valence electrons. The maximum Gasteiger partial charge on any atom is 0.303 e. The maximum absolute atomic E-state index is 14.0. The van der Waals surface area contributed by atoms with Crippen LogP contribution in [0.3, 0.4) is 0 Å². The lowest BCUT2D eigenvalue weighted by molar-refractivity contribution is -0.137. The fraction of sp³-hybridized carbons (Fsp3) is 0.389. The standard InChI is InChI=1S/C36H44N4O6/c1-24(41)22-38-36(2,3)21-32(42)39-30-19-18-27-9-4-7-12-31(27)40(35(30)46)23-25-14-16-26(17-15-25)28-10-5-6-11-29(28)34(45)37-20-8-13-33(43)44/h4-7,9-12,14-17,24,30,38,41H,8,13,18-23H2,1-3H3,(H,37,45)(H,39,42)(H,43,44)/t24-,30?/m1/s1. The van der Waals surface area contributed by atoms with Crippen LogP contribution in [0, 0.1) is 0 Å². The predicted octanol–water partition coefficient (Wildman–Crippen LogP) is 4.05. The van der Waals surface area contributed by atoms with Gasteiger partial charge >= 0.3 is 5.97 Å². The van der Waals surface area contributed by atoms with Gasteiger partial charge in [0.25, 0.3) is 5.91 Å². The van der Waals surface area contributed by atoms with E-state index in [2.05, 4.69) is 16.0 Å². The number of carboxylic acid groups (broad SMARTS) is 1. The van der Waals surface area contributed by atoms with Crippen LogP contribution < -0.4 is 20.9 Å². The molecular formula is C36H44N4O6. The number of carbonyl (C=O) groups is 4. The predicted molar refractivity (Wildman–Crippen MR) is 177 cm³/mol. The molecule has 10 heteroatoms. The van der Waals surface area contributed by atoms with E-state index in [4.69, 9.17) is 5.11 Å². The number of nitrogens with one attached hydrogen (secondary N) is 3. The number of amides is 3. The van der Waals surface area contributed by atoms with Crippen LogP contribution in [0.15, 0.2) is 72.8 Å². The van der Waals surface area contributed by atoms with Crippen molar-refractivity contribution in [2.75, 3.05) is 18.0 Å². The molecule has 1 aliphatic heterocycles. The average molecular weight is 629 g/mol. The largest absolute Gasteiger partial charge is 0.481 e. The molecule has 1 unspecified atom stereocenters. The lowest BCUT2D eigenvalue weighted by Gasteiger charge is -2.29. The molecule has 0 aromatic heterocycles. The minimum Gasteiger partial charge on any atom is -0.481 e. The summed E-state index contributed by atoms with van der Waals surface area (Å²) < 4.78 is 0. The number of aliphatic carboxylic acids is 1. The summed E-state index contributed by atoms with van der Waals surface area (Å²) in [5.41, 5.74) is 4.25. The molecule has 3 aromatic carbocycles. The molecule has 0 aliphatic carbocycles. The minimum atomic E-state index is -0.901. The Kier molecular flexibility index (Phi) is 11.7. The minimum absolute atomic E-state index is 0.0129. The molecule has 0 saturated heterocycles. The Morgan fingerprint density at radius 1 is 1.00 bits per heavy atom. The van der Waals surface area contributed by atoms with E-state index < -0.39 is 23.7 Å². The fourth-order valence-corrected chi connectivity index (χ4v) is 5.59. The van der Waals surface area contributed by atoms with Crippen LogP contribution >= 0.6 is 0 Å². The number of hydrogen-bond acceptors (Lipinski definition) is 6. The van der Waals surface area contributed by atoms with E-state index in [1.165, 1.54) is 0 Å². The maximum atomic E-state index is 14.0. The van der Waals surface area contributed by atoms with Gasteiger partial charge in [0.2, 0.25) is 11.8 Å². The highest BCUT2D eigenvalue weighted by Gasteiger charge is 2.32. The van der Waals surface area contributed by atoms with Crippen molar-refractivity contribution in [3.05, 3.63) is 89.5 Å². The van der Waals surface area contributed by atoms with E-state index in [0.717, 1.165) is 27.9 Å². The van der Waals surface area contributed by atoms with Gasteiger partial charge in [0.05, 0.1) is 12.6 Å². The van der Waals surface area contributed by atoms with Gasteiger partial charge in [-0.05, 0) is 74.4 Å². The van der Waals surface area contributed by atoms with Gasteiger partial charge in [-0.2, -0.15) is 0 Å². The summed E-state index contributed by atoms with van der Waals surface area (Å²) in [5.74, 6) is -1.59. The van der Waals surface area contributed by atoms with Gasteiger partial charge < -0.3 is 31.1 Å². The fourth-order valence-electron chi connectivity index (χ4n) is 5.59. The van der Waals surface area contributed by atoms with Crippen LogP contribution in [0.2, 0.25) is 0 Å². The molecule has 0 saturated carbocycles. The zero-order chi connectivity index (χ0) is 33.3. The Balaban J connectivity index is 1.49. The van der Waals surface area contributed by atoms with Gasteiger partial charge in [0, 0.05) is 42.7 Å². The number of aliphatic hydroxyl groups is 1. The number of anilines is 1. The van der Waals surface area contributed by atoms with Gasteiger partial charge in [0.1, 0.15) is 6.04 Å². The molecule has 2 atom stereocenters. The molecule has 0 radical (unpaired) electrons. The second kappa shape index (κ2) is 15.6. The Hall–Kier alpha value is -4.54. The Labute approximate surface area is 270 Å². The second-order valence-corrected chi connectivity index (χ2v) is 12.5. The lowest BCUT2D eigenvalue weighted by Crippen LogP contribution is -2.51. The number of para-hydroxylation sites is 1. The molecule has 1 heterocycles.